The lowest BCUT2D eigenvalue weighted by molar-refractivity contribution is -0.383. The molecule has 20 heavy (non-hydrogen) atoms. The van der Waals surface area contributed by atoms with Crippen LogP contribution in [0.1, 0.15) is 5.56 Å². The van der Waals surface area contributed by atoms with Crippen LogP contribution in [0.25, 0.3) is 0 Å². The van der Waals surface area contributed by atoms with Gasteiger partial charge in [0, 0.05) is 25.5 Å². The second kappa shape index (κ2) is 5.00. The largest absolute Gasteiger partial charge is 0.393 e. The summed E-state index contributed by atoms with van der Waals surface area (Å²) in [5, 5.41) is 10.7. The van der Waals surface area contributed by atoms with Crippen molar-refractivity contribution in [3.63, 3.8) is 0 Å². The van der Waals surface area contributed by atoms with E-state index in [1.165, 1.54) is 46.8 Å². The lowest BCUT2D eigenvalue weighted by Crippen LogP contribution is -2.39. The molecule has 0 aliphatic heterocycles. The Kier molecular flexibility index (Phi) is 3.38. The number of aryl methyl sites for hydroxylation is 1. The van der Waals surface area contributed by atoms with Crippen molar-refractivity contribution in [2.75, 3.05) is 5.73 Å². The summed E-state index contributed by atoms with van der Waals surface area (Å²) in [6.07, 6.45) is 2.94. The number of hydrogen-bond donors (Lipinski definition) is 1. The van der Waals surface area contributed by atoms with E-state index < -0.39 is 16.0 Å². The second-order valence-electron chi connectivity index (χ2n) is 4.30. The molecule has 0 spiro atoms. The van der Waals surface area contributed by atoms with E-state index in [0.29, 0.717) is 5.56 Å². The summed E-state index contributed by atoms with van der Waals surface area (Å²) in [6.45, 7) is 0.122. The maximum absolute atomic E-state index is 11.7. The van der Waals surface area contributed by atoms with E-state index in [-0.39, 0.29) is 17.9 Å². The Morgan fingerprint density at radius 2 is 1.95 bits per heavy atom. The van der Waals surface area contributed by atoms with Crippen molar-refractivity contribution in [1.82, 2.24) is 9.13 Å². The number of benzene rings is 1. The molecule has 0 atom stereocenters. The summed E-state index contributed by atoms with van der Waals surface area (Å²) < 4.78 is 2.41. The number of nitrogen functional groups attached to an aromatic ring is 1. The van der Waals surface area contributed by atoms with E-state index in [0.717, 1.165) is 0 Å². The summed E-state index contributed by atoms with van der Waals surface area (Å²) in [4.78, 5) is 33.3. The molecule has 1 aromatic carbocycles. The van der Waals surface area contributed by atoms with Gasteiger partial charge in [-0.05, 0) is 11.6 Å². The zero-order chi connectivity index (χ0) is 14.9. The van der Waals surface area contributed by atoms with Gasteiger partial charge in [-0.25, -0.2) is 0 Å². The highest BCUT2D eigenvalue weighted by Gasteiger charge is 2.11. The average Bonchev–Trinajstić information content (AvgIpc) is 2.39. The number of nitrogens with zero attached hydrogens (tertiary/aromatic N) is 3. The van der Waals surface area contributed by atoms with Crippen LogP contribution in [0.15, 0.2) is 40.2 Å². The second-order valence-corrected chi connectivity index (χ2v) is 4.30. The number of hydrogen-bond acceptors (Lipinski definition) is 5. The lowest BCUT2D eigenvalue weighted by Gasteiger charge is -2.07. The molecular formula is C12H12N4O4. The van der Waals surface area contributed by atoms with Crippen molar-refractivity contribution in [2.45, 2.75) is 6.54 Å². The van der Waals surface area contributed by atoms with Crippen molar-refractivity contribution in [2.24, 2.45) is 7.05 Å². The molecule has 2 rings (SSSR count). The van der Waals surface area contributed by atoms with Gasteiger partial charge in [0.15, 0.2) is 0 Å². The lowest BCUT2D eigenvalue weighted by atomic mass is 10.1. The maximum atomic E-state index is 11.7. The third-order valence-electron chi connectivity index (χ3n) is 2.88. The van der Waals surface area contributed by atoms with Gasteiger partial charge >= 0.3 is 11.1 Å². The third kappa shape index (κ3) is 2.44. The van der Waals surface area contributed by atoms with Crippen LogP contribution in [0.2, 0.25) is 0 Å². The molecule has 0 amide bonds. The Balaban J connectivity index is 2.39. The topological polar surface area (TPSA) is 113 Å². The molecule has 0 aliphatic carbocycles. The van der Waals surface area contributed by atoms with E-state index in [9.17, 15) is 19.7 Å². The fourth-order valence-electron chi connectivity index (χ4n) is 1.78. The first kappa shape index (κ1) is 13.5. The Morgan fingerprint density at radius 1 is 1.25 bits per heavy atom. The molecule has 8 heteroatoms. The fourth-order valence-corrected chi connectivity index (χ4v) is 1.78. The molecule has 0 bridgehead atoms. The minimum atomic E-state index is -0.660. The normalized spacial score (nSPS) is 10.4. The maximum Gasteiger partial charge on any atom is 0.316 e. The van der Waals surface area contributed by atoms with Crippen LogP contribution in [0.3, 0.4) is 0 Å². The highest BCUT2D eigenvalue weighted by molar-refractivity contribution is 5.59. The molecule has 0 unspecified atom stereocenters. The van der Waals surface area contributed by atoms with Gasteiger partial charge in [-0.2, -0.15) is 0 Å². The van der Waals surface area contributed by atoms with Crippen molar-refractivity contribution >= 4 is 11.4 Å². The quantitative estimate of drug-likeness (QED) is 0.369. The van der Waals surface area contributed by atoms with Crippen LogP contribution >= 0.6 is 0 Å². The van der Waals surface area contributed by atoms with E-state index in [2.05, 4.69) is 0 Å². The third-order valence-corrected chi connectivity index (χ3v) is 2.88. The monoisotopic (exact) mass is 276 g/mol. The number of nitro benzene ring substituents is 1. The molecule has 0 saturated carbocycles. The minimum absolute atomic E-state index is 0.0179. The number of rotatable bonds is 3. The number of nitro groups is 1. The van der Waals surface area contributed by atoms with Crippen LogP contribution in [0.5, 0.6) is 0 Å². The van der Waals surface area contributed by atoms with E-state index >= 15 is 0 Å². The fraction of sp³-hybridized carbons (Fsp3) is 0.167. The molecule has 0 saturated heterocycles. The van der Waals surface area contributed by atoms with Crippen LogP contribution in [-0.2, 0) is 13.6 Å². The summed E-state index contributed by atoms with van der Waals surface area (Å²) in [6, 6.07) is 4.19. The van der Waals surface area contributed by atoms with E-state index in [1.54, 1.807) is 0 Å². The number of anilines is 1. The molecular weight excluding hydrogens is 264 g/mol. The predicted molar refractivity (Wildman–Crippen MR) is 72.6 cm³/mol. The Hall–Kier alpha value is -2.90. The molecule has 0 radical (unpaired) electrons. The summed E-state index contributed by atoms with van der Waals surface area (Å²) in [5.74, 6) is 0. The van der Waals surface area contributed by atoms with Crippen LogP contribution in [-0.4, -0.2) is 14.1 Å². The molecule has 1 aromatic heterocycles. The van der Waals surface area contributed by atoms with Gasteiger partial charge in [0.1, 0.15) is 5.69 Å². The molecule has 1 heterocycles. The zero-order valence-electron chi connectivity index (χ0n) is 10.6. The summed E-state index contributed by atoms with van der Waals surface area (Å²) in [7, 11) is 1.48. The van der Waals surface area contributed by atoms with Gasteiger partial charge < -0.3 is 14.9 Å². The number of aromatic nitrogens is 2. The highest BCUT2D eigenvalue weighted by atomic mass is 16.6. The van der Waals surface area contributed by atoms with Gasteiger partial charge in [-0.1, -0.05) is 6.07 Å². The first-order chi connectivity index (χ1) is 9.40. The molecule has 0 aliphatic rings. The smallest absolute Gasteiger partial charge is 0.316 e. The minimum Gasteiger partial charge on any atom is -0.393 e. The molecule has 2 N–H and O–H groups in total. The van der Waals surface area contributed by atoms with Gasteiger partial charge in [0.2, 0.25) is 0 Å². The van der Waals surface area contributed by atoms with Gasteiger partial charge in [-0.3, -0.25) is 19.7 Å². The van der Waals surface area contributed by atoms with Crippen molar-refractivity contribution in [3.05, 3.63) is 67.0 Å². The molecule has 2 aromatic rings. The van der Waals surface area contributed by atoms with Crippen molar-refractivity contribution in [3.8, 4) is 0 Å². The SMILES string of the molecule is Cn1ccn(Cc2ccc([N+](=O)[O-])c(N)c2)c(=O)c1=O. The predicted octanol–water partition coefficient (Wildman–Crippen LogP) is 0.0857. The number of nitrogens with two attached hydrogens (primary N) is 1. The first-order valence-electron chi connectivity index (χ1n) is 5.69. The van der Waals surface area contributed by atoms with Gasteiger partial charge in [0.05, 0.1) is 11.5 Å². The van der Waals surface area contributed by atoms with E-state index in [1.807, 2.05) is 0 Å². The summed E-state index contributed by atoms with van der Waals surface area (Å²) in [5.41, 5.74) is 4.70. The van der Waals surface area contributed by atoms with Gasteiger partial charge in [0.25, 0.3) is 5.69 Å². The first-order valence-corrected chi connectivity index (χ1v) is 5.69. The Labute approximate surface area is 112 Å². The molecule has 0 fully saturated rings. The Bertz CT molecular complexity index is 791. The molecule has 8 nitrogen and oxygen atoms in total. The van der Waals surface area contributed by atoms with Crippen molar-refractivity contribution in [1.29, 1.82) is 0 Å². The standard InChI is InChI=1S/C12H12N4O4/c1-14-4-5-15(12(18)11(14)17)7-8-2-3-10(16(19)20)9(13)6-8/h2-6H,7,13H2,1H3. The zero-order valence-corrected chi connectivity index (χ0v) is 10.6. The summed E-state index contributed by atoms with van der Waals surface area (Å²) >= 11 is 0. The molecule has 104 valence electrons. The van der Waals surface area contributed by atoms with E-state index in [4.69, 9.17) is 5.73 Å². The van der Waals surface area contributed by atoms with Gasteiger partial charge in [-0.15, -0.1) is 0 Å². The van der Waals surface area contributed by atoms with Crippen molar-refractivity contribution < 1.29 is 4.92 Å². The highest BCUT2D eigenvalue weighted by Crippen LogP contribution is 2.22. The van der Waals surface area contributed by atoms with Crippen LogP contribution < -0.4 is 16.9 Å². The van der Waals surface area contributed by atoms with Crippen LogP contribution in [0.4, 0.5) is 11.4 Å². The average molecular weight is 276 g/mol. The van der Waals surface area contributed by atoms with Crippen LogP contribution in [0, 0.1) is 10.1 Å². The Morgan fingerprint density at radius 3 is 2.55 bits per heavy atom.